The first kappa shape index (κ1) is 26.8. The van der Waals surface area contributed by atoms with Crippen molar-refractivity contribution in [3.8, 4) is 12.3 Å². The van der Waals surface area contributed by atoms with Gasteiger partial charge in [-0.2, -0.15) is 0 Å². The fourth-order valence-corrected chi connectivity index (χ4v) is 7.38. The van der Waals surface area contributed by atoms with Crippen LogP contribution in [0.2, 0.25) is 0 Å². The van der Waals surface area contributed by atoms with Crippen LogP contribution in [0, 0.1) is 36.0 Å². The molecule has 0 saturated heterocycles. The molecule has 0 aromatic heterocycles. The molecule has 0 amide bonds. The summed E-state index contributed by atoms with van der Waals surface area (Å²) in [6.07, 6.45) is 28.6. The van der Waals surface area contributed by atoms with Gasteiger partial charge in [0.05, 0.1) is 0 Å². The van der Waals surface area contributed by atoms with Crippen molar-refractivity contribution in [2.45, 2.75) is 89.9 Å². The van der Waals surface area contributed by atoms with Gasteiger partial charge in [-0.3, -0.25) is 0 Å². The van der Waals surface area contributed by atoms with E-state index in [1.54, 1.807) is 0 Å². The normalized spacial score (nSPS) is 24.5. The SMILES string of the molecule is C#Cc1ccc(CC2CCC(C(C(=C)CCC3CCCCC3)c3ccc(C4=CC(C)C=C4)cc3)CC2)cc1. The average Bonchev–Trinajstić information content (AvgIpc) is 3.40. The van der Waals surface area contributed by atoms with Crippen molar-refractivity contribution < 1.29 is 0 Å². The van der Waals surface area contributed by atoms with Gasteiger partial charge in [0.25, 0.3) is 0 Å². The van der Waals surface area contributed by atoms with E-state index >= 15 is 0 Å². The molecule has 38 heavy (non-hydrogen) atoms. The summed E-state index contributed by atoms with van der Waals surface area (Å²) in [6, 6.07) is 18.2. The first-order valence-corrected chi connectivity index (χ1v) is 15.3. The van der Waals surface area contributed by atoms with Gasteiger partial charge in [0, 0.05) is 11.5 Å². The second-order valence-electron chi connectivity index (χ2n) is 12.5. The van der Waals surface area contributed by atoms with Gasteiger partial charge >= 0.3 is 0 Å². The number of terminal acetylenes is 1. The predicted octanol–water partition coefficient (Wildman–Crippen LogP) is 10.3. The van der Waals surface area contributed by atoms with Crippen LogP contribution in [-0.2, 0) is 6.42 Å². The topological polar surface area (TPSA) is 0 Å². The molecule has 0 radical (unpaired) electrons. The molecule has 0 bridgehead atoms. The minimum Gasteiger partial charge on any atom is -0.115 e. The van der Waals surface area contributed by atoms with Crippen molar-refractivity contribution in [1.29, 1.82) is 0 Å². The van der Waals surface area contributed by atoms with Crippen molar-refractivity contribution in [3.63, 3.8) is 0 Å². The smallest absolute Gasteiger partial charge is 0.0242 e. The van der Waals surface area contributed by atoms with Crippen molar-refractivity contribution in [1.82, 2.24) is 0 Å². The molecule has 3 aliphatic rings. The summed E-state index contributed by atoms with van der Waals surface area (Å²) in [5, 5.41) is 0. The van der Waals surface area contributed by atoms with Crippen LogP contribution in [0.25, 0.3) is 5.57 Å². The summed E-state index contributed by atoms with van der Waals surface area (Å²) in [5.74, 6) is 6.19. The largest absolute Gasteiger partial charge is 0.115 e. The quantitative estimate of drug-likeness (QED) is 0.236. The van der Waals surface area contributed by atoms with Crippen LogP contribution in [0.1, 0.15) is 106 Å². The fraction of sp³-hybridized carbons (Fsp3) is 0.474. The van der Waals surface area contributed by atoms with E-state index in [0.717, 1.165) is 17.4 Å². The lowest BCUT2D eigenvalue weighted by atomic mass is 9.69. The molecular formula is C38H46. The number of benzene rings is 2. The van der Waals surface area contributed by atoms with E-state index < -0.39 is 0 Å². The number of rotatable bonds is 9. The molecule has 0 heterocycles. The molecule has 2 aromatic rings. The first-order valence-electron chi connectivity index (χ1n) is 15.3. The summed E-state index contributed by atoms with van der Waals surface area (Å²) in [7, 11) is 0. The Labute approximate surface area is 232 Å². The Morgan fingerprint density at radius 1 is 0.895 bits per heavy atom. The molecular weight excluding hydrogens is 456 g/mol. The maximum Gasteiger partial charge on any atom is 0.0242 e. The number of allylic oxidation sites excluding steroid dienone is 5. The molecule has 2 aromatic carbocycles. The molecule has 0 aliphatic heterocycles. The summed E-state index contributed by atoms with van der Waals surface area (Å²) in [6.45, 7) is 7.02. The van der Waals surface area contributed by atoms with E-state index in [2.05, 4.69) is 79.6 Å². The second-order valence-corrected chi connectivity index (χ2v) is 12.5. The Morgan fingerprint density at radius 3 is 2.24 bits per heavy atom. The zero-order valence-electron chi connectivity index (χ0n) is 23.5. The molecule has 0 nitrogen and oxygen atoms in total. The van der Waals surface area contributed by atoms with E-state index in [-0.39, 0.29) is 0 Å². The van der Waals surface area contributed by atoms with Crippen LogP contribution in [-0.4, -0.2) is 0 Å². The number of hydrogen-bond donors (Lipinski definition) is 0. The molecule has 198 valence electrons. The van der Waals surface area contributed by atoms with Crippen LogP contribution >= 0.6 is 0 Å². The van der Waals surface area contributed by atoms with Crippen molar-refractivity contribution in [3.05, 3.63) is 101 Å². The average molecular weight is 503 g/mol. The van der Waals surface area contributed by atoms with Gasteiger partial charge in [-0.05, 0) is 103 Å². The van der Waals surface area contributed by atoms with Crippen molar-refractivity contribution in [2.24, 2.45) is 23.7 Å². The van der Waals surface area contributed by atoms with Crippen LogP contribution in [0.4, 0.5) is 0 Å². The fourth-order valence-electron chi connectivity index (χ4n) is 7.38. The summed E-state index contributed by atoms with van der Waals surface area (Å²) < 4.78 is 0. The molecule has 0 spiro atoms. The van der Waals surface area contributed by atoms with Crippen LogP contribution in [0.15, 0.2) is 78.9 Å². The highest BCUT2D eigenvalue weighted by Crippen LogP contribution is 2.44. The monoisotopic (exact) mass is 502 g/mol. The Bertz CT molecular complexity index is 1150. The molecule has 2 unspecified atom stereocenters. The molecule has 2 saturated carbocycles. The summed E-state index contributed by atoms with van der Waals surface area (Å²) in [4.78, 5) is 0. The van der Waals surface area contributed by atoms with Gasteiger partial charge in [-0.25, -0.2) is 0 Å². The standard InChI is InChI=1S/C38H46/c1-4-30-13-15-32(16-14-30)27-33-17-20-35(21-18-33)38(29(3)11-12-31-8-6-5-7-9-31)36-24-22-34(23-25-36)37-19-10-28(2)26-37/h1,10,13-16,19,22-26,28,31,33,35,38H,3,5-9,11-12,17-18,20-21,27H2,2H3. The minimum atomic E-state index is 0.496. The van der Waals surface area contributed by atoms with Gasteiger partial charge in [0.15, 0.2) is 0 Å². The van der Waals surface area contributed by atoms with Crippen molar-refractivity contribution in [2.75, 3.05) is 0 Å². The Morgan fingerprint density at radius 2 is 1.61 bits per heavy atom. The Balaban J connectivity index is 1.26. The molecule has 5 rings (SSSR count). The van der Waals surface area contributed by atoms with Gasteiger partial charge < -0.3 is 0 Å². The lowest BCUT2D eigenvalue weighted by Gasteiger charge is -2.36. The third-order valence-electron chi connectivity index (χ3n) is 9.67. The zero-order valence-corrected chi connectivity index (χ0v) is 23.5. The molecule has 0 N–H and O–H groups in total. The first-order chi connectivity index (χ1) is 18.6. The van der Waals surface area contributed by atoms with Gasteiger partial charge in [0.2, 0.25) is 0 Å². The Kier molecular flexibility index (Phi) is 9.06. The highest BCUT2D eigenvalue weighted by molar-refractivity contribution is 5.76. The van der Waals surface area contributed by atoms with Gasteiger partial charge in [-0.15, -0.1) is 6.42 Å². The molecule has 0 heteroatoms. The van der Waals surface area contributed by atoms with Gasteiger partial charge in [0.1, 0.15) is 0 Å². The van der Waals surface area contributed by atoms with E-state index in [1.165, 1.54) is 105 Å². The number of hydrogen-bond acceptors (Lipinski definition) is 0. The summed E-state index contributed by atoms with van der Waals surface area (Å²) >= 11 is 0. The van der Waals surface area contributed by atoms with Crippen LogP contribution in [0.5, 0.6) is 0 Å². The van der Waals surface area contributed by atoms with E-state index in [0.29, 0.717) is 17.8 Å². The van der Waals surface area contributed by atoms with Gasteiger partial charge in [-0.1, -0.05) is 112 Å². The van der Waals surface area contributed by atoms with E-state index in [4.69, 9.17) is 13.0 Å². The Hall–Kier alpha value is -2.78. The van der Waals surface area contributed by atoms with Crippen LogP contribution < -0.4 is 0 Å². The lowest BCUT2D eigenvalue weighted by Crippen LogP contribution is -2.23. The lowest BCUT2D eigenvalue weighted by molar-refractivity contribution is 0.250. The maximum atomic E-state index is 5.55. The minimum absolute atomic E-state index is 0.496. The van der Waals surface area contributed by atoms with E-state index in [1.807, 2.05) is 0 Å². The van der Waals surface area contributed by atoms with Crippen LogP contribution in [0.3, 0.4) is 0 Å². The highest BCUT2D eigenvalue weighted by Gasteiger charge is 2.31. The zero-order chi connectivity index (χ0) is 26.3. The summed E-state index contributed by atoms with van der Waals surface area (Å²) in [5.41, 5.74) is 8.11. The molecule has 2 fully saturated rings. The molecule has 3 aliphatic carbocycles. The highest BCUT2D eigenvalue weighted by atomic mass is 14.4. The predicted molar refractivity (Wildman–Crippen MR) is 164 cm³/mol. The maximum absolute atomic E-state index is 5.55. The van der Waals surface area contributed by atoms with Crippen molar-refractivity contribution >= 4 is 5.57 Å². The second kappa shape index (κ2) is 12.8. The third kappa shape index (κ3) is 6.80. The molecule has 2 atom stereocenters. The third-order valence-corrected chi connectivity index (χ3v) is 9.67. The van der Waals surface area contributed by atoms with E-state index in [9.17, 15) is 0 Å².